The van der Waals surface area contributed by atoms with Crippen LogP contribution in [0.3, 0.4) is 0 Å². The van der Waals surface area contributed by atoms with E-state index in [4.69, 9.17) is 0 Å². The van der Waals surface area contributed by atoms with E-state index < -0.39 is 0 Å². The van der Waals surface area contributed by atoms with Gasteiger partial charge in [-0.1, -0.05) is 13.8 Å². The summed E-state index contributed by atoms with van der Waals surface area (Å²) in [6.45, 7) is 7.29. The summed E-state index contributed by atoms with van der Waals surface area (Å²) in [6.07, 6.45) is 1.78. The van der Waals surface area contributed by atoms with Gasteiger partial charge in [0.1, 0.15) is 5.82 Å². The quantitative estimate of drug-likeness (QED) is 0.806. The highest BCUT2D eigenvalue weighted by Crippen LogP contribution is 2.22. The van der Waals surface area contributed by atoms with Crippen LogP contribution < -0.4 is 5.32 Å². The van der Waals surface area contributed by atoms with Gasteiger partial charge in [0.25, 0.3) is 0 Å². The molecule has 0 saturated carbocycles. The molecule has 0 amide bonds. The molecule has 80 valence electrons. The van der Waals surface area contributed by atoms with Crippen LogP contribution in [-0.2, 0) is 0 Å². The highest BCUT2D eigenvalue weighted by Gasteiger charge is 2.07. The Morgan fingerprint density at radius 2 is 2.27 bits per heavy atom. The summed E-state index contributed by atoms with van der Waals surface area (Å²) in [5, 5.41) is 11.6. The Morgan fingerprint density at radius 3 is 3.00 bits per heavy atom. The molecule has 4 nitrogen and oxygen atoms in total. The summed E-state index contributed by atoms with van der Waals surface area (Å²) in [7, 11) is 0. The lowest BCUT2D eigenvalue weighted by atomic mass is 10.2. The van der Waals surface area contributed by atoms with Crippen LogP contribution in [-0.4, -0.2) is 21.7 Å². The van der Waals surface area contributed by atoms with E-state index in [1.807, 2.05) is 13.0 Å². The molecule has 0 aromatic carbocycles. The Morgan fingerprint density at radius 1 is 1.47 bits per heavy atom. The predicted octanol–water partition coefficient (Wildman–Crippen LogP) is 2.33. The van der Waals surface area contributed by atoms with Crippen molar-refractivity contribution in [1.82, 2.24) is 15.2 Å². The van der Waals surface area contributed by atoms with E-state index >= 15 is 0 Å². The van der Waals surface area contributed by atoms with Crippen LogP contribution in [0.25, 0.3) is 10.9 Å². The Bertz CT molecular complexity index is 459. The van der Waals surface area contributed by atoms with Gasteiger partial charge < -0.3 is 5.32 Å². The molecule has 2 N–H and O–H groups in total. The van der Waals surface area contributed by atoms with Gasteiger partial charge in [-0.05, 0) is 18.9 Å². The average Bonchev–Trinajstić information content (AvgIpc) is 2.58. The lowest BCUT2D eigenvalue weighted by Crippen LogP contribution is -2.09. The highest BCUT2D eigenvalue weighted by molar-refractivity contribution is 5.91. The number of nitrogens with one attached hydrogen (secondary N) is 2. The number of anilines is 1. The first kappa shape index (κ1) is 9.96. The van der Waals surface area contributed by atoms with Crippen molar-refractivity contribution in [2.75, 3.05) is 11.9 Å². The van der Waals surface area contributed by atoms with E-state index in [2.05, 4.69) is 34.3 Å². The smallest absolute Gasteiger partial charge is 0.137 e. The van der Waals surface area contributed by atoms with Crippen molar-refractivity contribution in [2.24, 2.45) is 5.92 Å². The SMILES string of the molecule is Cc1[nH]nc2ccnc(NCC(C)C)c12. The van der Waals surface area contributed by atoms with Crippen molar-refractivity contribution < 1.29 is 0 Å². The molecule has 2 rings (SSSR count). The molecule has 0 radical (unpaired) electrons. The number of fused-ring (bicyclic) bond motifs is 1. The van der Waals surface area contributed by atoms with E-state index in [9.17, 15) is 0 Å². The molecule has 15 heavy (non-hydrogen) atoms. The van der Waals surface area contributed by atoms with E-state index in [1.54, 1.807) is 6.20 Å². The van der Waals surface area contributed by atoms with E-state index in [-0.39, 0.29) is 0 Å². The monoisotopic (exact) mass is 204 g/mol. The molecule has 2 heterocycles. The van der Waals surface area contributed by atoms with Crippen LogP contribution >= 0.6 is 0 Å². The van der Waals surface area contributed by atoms with E-state index in [1.165, 1.54) is 0 Å². The largest absolute Gasteiger partial charge is 0.369 e. The number of aryl methyl sites for hydroxylation is 1. The number of H-pyrrole nitrogens is 1. The fraction of sp³-hybridized carbons (Fsp3) is 0.455. The molecule has 2 aromatic heterocycles. The fourth-order valence-electron chi connectivity index (χ4n) is 1.55. The second-order valence-corrected chi connectivity index (χ2v) is 4.18. The van der Waals surface area contributed by atoms with Crippen molar-refractivity contribution in [3.05, 3.63) is 18.0 Å². The molecule has 0 bridgehead atoms. The number of rotatable bonds is 3. The first-order valence-corrected chi connectivity index (χ1v) is 5.22. The van der Waals surface area contributed by atoms with Gasteiger partial charge in [-0.2, -0.15) is 5.10 Å². The molecule has 0 unspecified atom stereocenters. The summed E-state index contributed by atoms with van der Waals surface area (Å²) in [4.78, 5) is 4.34. The third-order valence-electron chi connectivity index (χ3n) is 2.33. The number of nitrogens with zero attached hydrogens (tertiary/aromatic N) is 2. The Hall–Kier alpha value is -1.58. The van der Waals surface area contributed by atoms with Gasteiger partial charge in [0.05, 0.1) is 10.9 Å². The fourth-order valence-corrected chi connectivity index (χ4v) is 1.55. The third-order valence-corrected chi connectivity index (χ3v) is 2.33. The second-order valence-electron chi connectivity index (χ2n) is 4.18. The zero-order valence-corrected chi connectivity index (χ0v) is 9.33. The first-order chi connectivity index (χ1) is 7.18. The molecular formula is C11H16N4. The van der Waals surface area contributed by atoms with Gasteiger partial charge in [0, 0.05) is 18.4 Å². The zero-order valence-electron chi connectivity index (χ0n) is 9.33. The molecule has 0 aliphatic heterocycles. The summed E-state index contributed by atoms with van der Waals surface area (Å²) in [5.41, 5.74) is 2.03. The minimum absolute atomic E-state index is 0.606. The predicted molar refractivity (Wildman–Crippen MR) is 62.0 cm³/mol. The van der Waals surface area contributed by atoms with Crippen LogP contribution in [0.5, 0.6) is 0 Å². The lowest BCUT2D eigenvalue weighted by molar-refractivity contribution is 0.687. The number of pyridine rings is 1. The summed E-state index contributed by atoms with van der Waals surface area (Å²) < 4.78 is 0. The van der Waals surface area contributed by atoms with Gasteiger partial charge in [-0.25, -0.2) is 4.98 Å². The molecule has 2 aromatic rings. The average molecular weight is 204 g/mol. The van der Waals surface area contributed by atoms with Crippen LogP contribution in [0, 0.1) is 12.8 Å². The Labute approximate surface area is 89.1 Å². The second kappa shape index (κ2) is 3.88. The summed E-state index contributed by atoms with van der Waals surface area (Å²) in [6, 6.07) is 1.92. The maximum atomic E-state index is 4.34. The van der Waals surface area contributed by atoms with E-state index in [0.29, 0.717) is 5.92 Å². The minimum atomic E-state index is 0.606. The summed E-state index contributed by atoms with van der Waals surface area (Å²) in [5.74, 6) is 1.53. The Balaban J connectivity index is 2.37. The molecule has 0 fully saturated rings. The maximum Gasteiger partial charge on any atom is 0.137 e. The van der Waals surface area contributed by atoms with Crippen molar-refractivity contribution in [3.8, 4) is 0 Å². The zero-order chi connectivity index (χ0) is 10.8. The maximum absolute atomic E-state index is 4.34. The lowest BCUT2D eigenvalue weighted by Gasteiger charge is -2.08. The molecule has 0 aliphatic carbocycles. The number of aromatic amines is 1. The van der Waals surface area contributed by atoms with Crippen LogP contribution in [0.1, 0.15) is 19.5 Å². The van der Waals surface area contributed by atoms with Crippen LogP contribution in [0.2, 0.25) is 0 Å². The first-order valence-electron chi connectivity index (χ1n) is 5.22. The van der Waals surface area contributed by atoms with Gasteiger partial charge in [-0.3, -0.25) is 5.10 Å². The van der Waals surface area contributed by atoms with Gasteiger partial charge in [-0.15, -0.1) is 0 Å². The number of aromatic nitrogens is 3. The normalized spacial score (nSPS) is 11.2. The Kier molecular flexibility index (Phi) is 2.58. The van der Waals surface area contributed by atoms with E-state index in [0.717, 1.165) is 29.0 Å². The van der Waals surface area contributed by atoms with Crippen LogP contribution in [0.15, 0.2) is 12.3 Å². The van der Waals surface area contributed by atoms with Crippen molar-refractivity contribution in [1.29, 1.82) is 0 Å². The molecule has 0 spiro atoms. The van der Waals surface area contributed by atoms with Gasteiger partial charge in [0.15, 0.2) is 0 Å². The standard InChI is InChI=1S/C11H16N4/c1-7(2)6-13-11-10-8(3)14-15-9(10)4-5-12-11/h4-5,7H,6H2,1-3H3,(H,12,13)(H,14,15). The van der Waals surface area contributed by atoms with Gasteiger partial charge >= 0.3 is 0 Å². The molecule has 0 saturated heterocycles. The minimum Gasteiger partial charge on any atom is -0.369 e. The topological polar surface area (TPSA) is 53.6 Å². The molecular weight excluding hydrogens is 188 g/mol. The van der Waals surface area contributed by atoms with Crippen molar-refractivity contribution in [3.63, 3.8) is 0 Å². The summed E-state index contributed by atoms with van der Waals surface area (Å²) >= 11 is 0. The van der Waals surface area contributed by atoms with Crippen LogP contribution in [0.4, 0.5) is 5.82 Å². The van der Waals surface area contributed by atoms with Crippen molar-refractivity contribution in [2.45, 2.75) is 20.8 Å². The van der Waals surface area contributed by atoms with Crippen molar-refractivity contribution >= 4 is 16.7 Å². The number of hydrogen-bond donors (Lipinski definition) is 2. The molecule has 4 heteroatoms. The third kappa shape index (κ3) is 1.93. The molecule has 0 atom stereocenters. The van der Waals surface area contributed by atoms with Gasteiger partial charge in [0.2, 0.25) is 0 Å². The molecule has 0 aliphatic rings. The highest BCUT2D eigenvalue weighted by atomic mass is 15.1. The number of hydrogen-bond acceptors (Lipinski definition) is 3.